The molecule has 0 atom stereocenters. The van der Waals surface area contributed by atoms with Gasteiger partial charge in [-0.05, 0) is 42.8 Å². The molecule has 2 N–H and O–H groups in total. The summed E-state index contributed by atoms with van der Waals surface area (Å²) in [5.41, 5.74) is 8.38. The molecule has 0 aromatic heterocycles. The van der Waals surface area contributed by atoms with Crippen LogP contribution >= 0.6 is 23.2 Å². The van der Waals surface area contributed by atoms with Crippen molar-refractivity contribution in [1.29, 1.82) is 0 Å². The van der Waals surface area contributed by atoms with Gasteiger partial charge in [-0.2, -0.15) is 0 Å². The van der Waals surface area contributed by atoms with Crippen LogP contribution in [0.3, 0.4) is 0 Å². The predicted octanol–water partition coefficient (Wildman–Crippen LogP) is 4.46. The lowest BCUT2D eigenvalue weighted by Gasteiger charge is -2.10. The van der Waals surface area contributed by atoms with E-state index in [-0.39, 0.29) is 0 Å². The summed E-state index contributed by atoms with van der Waals surface area (Å²) < 4.78 is 5.67. The second-order valence-electron chi connectivity index (χ2n) is 4.04. The highest BCUT2D eigenvalue weighted by Crippen LogP contribution is 2.23. The second kappa shape index (κ2) is 5.51. The van der Waals surface area contributed by atoms with Gasteiger partial charge < -0.3 is 10.5 Å². The molecule has 94 valence electrons. The third-order valence-electron chi connectivity index (χ3n) is 2.63. The Morgan fingerprint density at radius 2 is 1.89 bits per heavy atom. The van der Waals surface area contributed by atoms with Gasteiger partial charge in [-0.25, -0.2) is 0 Å². The number of hydrogen-bond donors (Lipinski definition) is 1. The van der Waals surface area contributed by atoms with Crippen LogP contribution < -0.4 is 10.5 Å². The summed E-state index contributed by atoms with van der Waals surface area (Å²) in [6.45, 7) is 2.34. The lowest BCUT2D eigenvalue weighted by Crippen LogP contribution is -2.00. The van der Waals surface area contributed by atoms with Crippen LogP contribution in [0.15, 0.2) is 36.4 Å². The Morgan fingerprint density at radius 1 is 1.11 bits per heavy atom. The van der Waals surface area contributed by atoms with Crippen molar-refractivity contribution in [3.63, 3.8) is 0 Å². The van der Waals surface area contributed by atoms with Crippen molar-refractivity contribution in [3.05, 3.63) is 57.6 Å². The first-order valence-electron chi connectivity index (χ1n) is 5.49. The predicted molar refractivity (Wildman–Crippen MR) is 76.4 cm³/mol. The molecule has 0 radical (unpaired) electrons. The quantitative estimate of drug-likeness (QED) is 0.843. The van der Waals surface area contributed by atoms with Crippen LogP contribution in [0, 0.1) is 6.92 Å². The van der Waals surface area contributed by atoms with E-state index >= 15 is 0 Å². The molecular formula is C14H13Cl2NO. The summed E-state index contributed by atoms with van der Waals surface area (Å²) in [6, 6.07) is 10.9. The van der Waals surface area contributed by atoms with Crippen LogP contribution in [0.1, 0.15) is 11.1 Å². The highest BCUT2D eigenvalue weighted by atomic mass is 35.5. The molecule has 2 aromatic rings. The van der Waals surface area contributed by atoms with E-state index in [2.05, 4.69) is 0 Å². The van der Waals surface area contributed by atoms with Crippen molar-refractivity contribution in [2.75, 3.05) is 5.73 Å². The third kappa shape index (κ3) is 3.09. The van der Waals surface area contributed by atoms with Gasteiger partial charge >= 0.3 is 0 Å². The number of rotatable bonds is 3. The largest absolute Gasteiger partial charge is 0.489 e. The molecule has 0 aliphatic rings. The minimum absolute atomic E-state index is 0.407. The average molecular weight is 282 g/mol. The lowest BCUT2D eigenvalue weighted by molar-refractivity contribution is 0.306. The number of hydrogen-bond acceptors (Lipinski definition) is 2. The van der Waals surface area contributed by atoms with Crippen molar-refractivity contribution in [1.82, 2.24) is 0 Å². The van der Waals surface area contributed by atoms with Crippen molar-refractivity contribution in [2.24, 2.45) is 0 Å². The summed E-state index contributed by atoms with van der Waals surface area (Å²) in [4.78, 5) is 0. The highest BCUT2D eigenvalue weighted by Gasteiger charge is 2.03. The van der Waals surface area contributed by atoms with Crippen LogP contribution in [0.4, 0.5) is 5.69 Å². The molecule has 0 aliphatic heterocycles. The van der Waals surface area contributed by atoms with Crippen LogP contribution in [0.2, 0.25) is 10.0 Å². The molecular weight excluding hydrogens is 269 g/mol. The normalized spacial score (nSPS) is 10.4. The van der Waals surface area contributed by atoms with Gasteiger partial charge in [0.25, 0.3) is 0 Å². The number of nitrogens with two attached hydrogens (primary N) is 1. The first kappa shape index (κ1) is 13.1. The standard InChI is InChI=1S/C14H13Cl2NO/c1-9-6-12(4-5-13(9)16)18-8-10-2-3-11(15)7-14(10)17/h2-7H,8,17H2,1H3. The lowest BCUT2D eigenvalue weighted by atomic mass is 10.2. The summed E-state index contributed by atoms with van der Waals surface area (Å²) in [6.07, 6.45) is 0. The molecule has 0 heterocycles. The Balaban J connectivity index is 2.09. The van der Waals surface area contributed by atoms with Gasteiger partial charge in [0.1, 0.15) is 12.4 Å². The van der Waals surface area contributed by atoms with Gasteiger partial charge in [0.15, 0.2) is 0 Å². The van der Waals surface area contributed by atoms with Crippen LogP contribution in [0.25, 0.3) is 0 Å². The summed E-state index contributed by atoms with van der Waals surface area (Å²) in [7, 11) is 0. The number of anilines is 1. The van der Waals surface area contributed by atoms with Crippen molar-refractivity contribution < 1.29 is 4.74 Å². The van der Waals surface area contributed by atoms with Crippen molar-refractivity contribution in [2.45, 2.75) is 13.5 Å². The molecule has 0 unspecified atom stereocenters. The minimum atomic E-state index is 0.407. The molecule has 0 spiro atoms. The topological polar surface area (TPSA) is 35.2 Å². The Bertz CT molecular complexity index is 570. The monoisotopic (exact) mass is 281 g/mol. The van der Waals surface area contributed by atoms with Gasteiger partial charge in [0.05, 0.1) is 0 Å². The van der Waals surface area contributed by atoms with E-state index in [9.17, 15) is 0 Å². The zero-order valence-electron chi connectivity index (χ0n) is 9.91. The molecule has 0 aliphatic carbocycles. The molecule has 18 heavy (non-hydrogen) atoms. The number of benzene rings is 2. The molecule has 0 saturated heterocycles. The highest BCUT2D eigenvalue weighted by molar-refractivity contribution is 6.31. The van der Waals surface area contributed by atoms with E-state index in [0.29, 0.717) is 17.3 Å². The summed E-state index contributed by atoms with van der Waals surface area (Å²) >= 11 is 11.8. The van der Waals surface area contributed by atoms with Gasteiger partial charge in [-0.3, -0.25) is 0 Å². The Morgan fingerprint density at radius 3 is 2.56 bits per heavy atom. The smallest absolute Gasteiger partial charge is 0.120 e. The van der Waals surface area contributed by atoms with Crippen molar-refractivity contribution in [3.8, 4) is 5.75 Å². The second-order valence-corrected chi connectivity index (χ2v) is 4.89. The van der Waals surface area contributed by atoms with Crippen LogP contribution in [-0.2, 0) is 6.61 Å². The number of nitrogen functional groups attached to an aromatic ring is 1. The maximum Gasteiger partial charge on any atom is 0.120 e. The Hall–Kier alpha value is -1.38. The van der Waals surface area contributed by atoms with Crippen LogP contribution in [-0.4, -0.2) is 0 Å². The molecule has 4 heteroatoms. The molecule has 0 saturated carbocycles. The average Bonchev–Trinajstić information content (AvgIpc) is 2.32. The van der Waals surface area contributed by atoms with Gasteiger partial charge in [0, 0.05) is 21.3 Å². The first-order valence-corrected chi connectivity index (χ1v) is 6.24. The fraction of sp³-hybridized carbons (Fsp3) is 0.143. The van der Waals surface area contributed by atoms with E-state index < -0.39 is 0 Å². The molecule has 0 fully saturated rings. The zero-order valence-corrected chi connectivity index (χ0v) is 11.4. The molecule has 0 amide bonds. The van der Waals surface area contributed by atoms with Gasteiger partial charge in [0.2, 0.25) is 0 Å². The number of halogens is 2. The van der Waals surface area contributed by atoms with Crippen LogP contribution in [0.5, 0.6) is 5.75 Å². The van der Waals surface area contributed by atoms with E-state index in [0.717, 1.165) is 21.9 Å². The maximum atomic E-state index is 5.95. The van der Waals surface area contributed by atoms with E-state index in [4.69, 9.17) is 33.7 Å². The Kier molecular flexibility index (Phi) is 4.00. The van der Waals surface area contributed by atoms with E-state index in [1.54, 1.807) is 12.1 Å². The van der Waals surface area contributed by atoms with Gasteiger partial charge in [-0.1, -0.05) is 29.3 Å². The fourth-order valence-electron chi connectivity index (χ4n) is 1.57. The van der Waals surface area contributed by atoms with Crippen molar-refractivity contribution >= 4 is 28.9 Å². The SMILES string of the molecule is Cc1cc(OCc2ccc(Cl)cc2N)ccc1Cl. The summed E-state index contributed by atoms with van der Waals surface area (Å²) in [5, 5.41) is 1.35. The minimum Gasteiger partial charge on any atom is -0.489 e. The fourth-order valence-corrected chi connectivity index (χ4v) is 1.86. The molecule has 2 aromatic carbocycles. The maximum absolute atomic E-state index is 5.95. The third-order valence-corrected chi connectivity index (χ3v) is 3.29. The number of aryl methyl sites for hydroxylation is 1. The van der Waals surface area contributed by atoms with E-state index in [1.165, 1.54) is 0 Å². The zero-order chi connectivity index (χ0) is 13.1. The molecule has 2 nitrogen and oxygen atoms in total. The molecule has 2 rings (SSSR count). The summed E-state index contributed by atoms with van der Waals surface area (Å²) in [5.74, 6) is 0.770. The Labute approximate surface area is 116 Å². The van der Waals surface area contributed by atoms with E-state index in [1.807, 2.05) is 31.2 Å². The molecule has 0 bridgehead atoms. The number of ether oxygens (including phenoxy) is 1. The van der Waals surface area contributed by atoms with Gasteiger partial charge in [-0.15, -0.1) is 0 Å². The first-order chi connectivity index (χ1) is 8.56.